The number of nitrogens with zero attached hydrogens (tertiary/aromatic N) is 4. The molecule has 6 nitrogen and oxygen atoms in total. The van der Waals surface area contributed by atoms with Gasteiger partial charge in [0.15, 0.2) is 0 Å². The zero-order valence-electron chi connectivity index (χ0n) is 15.1. The summed E-state index contributed by atoms with van der Waals surface area (Å²) < 4.78 is 5.90. The highest BCUT2D eigenvalue weighted by Gasteiger charge is 2.45. The number of likely N-dealkylation sites (tertiary alicyclic amines) is 1. The molecule has 0 radical (unpaired) electrons. The van der Waals surface area contributed by atoms with Crippen molar-refractivity contribution in [3.8, 4) is 6.07 Å². The summed E-state index contributed by atoms with van der Waals surface area (Å²) in [6, 6.07) is 9.88. The molecule has 0 saturated carbocycles. The first-order valence-corrected chi connectivity index (χ1v) is 9.98. The summed E-state index contributed by atoms with van der Waals surface area (Å²) in [4.78, 5) is 22.2. The summed E-state index contributed by atoms with van der Waals surface area (Å²) in [5, 5.41) is 8.95. The van der Waals surface area contributed by atoms with E-state index in [4.69, 9.17) is 10.00 Å². The number of nitriles is 1. The van der Waals surface area contributed by atoms with Crippen LogP contribution in [0.2, 0.25) is 0 Å². The van der Waals surface area contributed by atoms with E-state index < -0.39 is 0 Å². The summed E-state index contributed by atoms with van der Waals surface area (Å²) >= 11 is 1.59. The fraction of sp³-hybridized carbons (Fsp3) is 0.450. The maximum absolute atomic E-state index is 12.6. The Morgan fingerprint density at radius 2 is 2.11 bits per heavy atom. The molecule has 0 N–H and O–H groups in total. The second-order valence-corrected chi connectivity index (χ2v) is 8.44. The third-order valence-electron chi connectivity index (χ3n) is 5.24. The summed E-state index contributed by atoms with van der Waals surface area (Å²) in [6.45, 7) is 5.18. The first-order valence-electron chi connectivity index (χ1n) is 9.10. The van der Waals surface area contributed by atoms with Gasteiger partial charge in [0.25, 0.3) is 0 Å². The van der Waals surface area contributed by atoms with Crippen LogP contribution in [0.15, 0.2) is 36.0 Å². The van der Waals surface area contributed by atoms with E-state index in [2.05, 4.69) is 16.0 Å². The first-order chi connectivity index (χ1) is 13.2. The van der Waals surface area contributed by atoms with Crippen molar-refractivity contribution in [1.29, 1.82) is 5.26 Å². The number of ether oxygens (including phenoxy) is 1. The second kappa shape index (κ2) is 7.77. The molecule has 7 heteroatoms. The predicted molar refractivity (Wildman–Crippen MR) is 102 cm³/mol. The lowest BCUT2D eigenvalue weighted by Crippen LogP contribution is -2.40. The van der Waals surface area contributed by atoms with Crippen molar-refractivity contribution < 1.29 is 9.53 Å². The van der Waals surface area contributed by atoms with Gasteiger partial charge >= 0.3 is 0 Å². The van der Waals surface area contributed by atoms with E-state index in [1.807, 2.05) is 35.4 Å². The van der Waals surface area contributed by atoms with Crippen LogP contribution in [0, 0.1) is 16.7 Å². The van der Waals surface area contributed by atoms with E-state index in [0.29, 0.717) is 31.7 Å². The number of hydrogen-bond donors (Lipinski definition) is 0. The smallest absolute Gasteiger partial charge is 0.223 e. The summed E-state index contributed by atoms with van der Waals surface area (Å²) in [6.07, 6.45) is 2.37. The quantitative estimate of drug-likeness (QED) is 0.811. The average Bonchev–Trinajstić information content (AvgIpc) is 3.22. The van der Waals surface area contributed by atoms with Crippen molar-refractivity contribution in [1.82, 2.24) is 14.8 Å². The molecule has 2 saturated heterocycles. The molecule has 1 aromatic heterocycles. The average molecular weight is 382 g/mol. The topological polar surface area (TPSA) is 69.5 Å². The van der Waals surface area contributed by atoms with Crippen LogP contribution in [-0.2, 0) is 22.6 Å². The van der Waals surface area contributed by atoms with E-state index in [1.165, 1.54) is 5.56 Å². The predicted octanol–water partition coefficient (Wildman–Crippen LogP) is 2.27. The van der Waals surface area contributed by atoms with Gasteiger partial charge in [-0.1, -0.05) is 12.1 Å². The fourth-order valence-corrected chi connectivity index (χ4v) is 4.60. The van der Waals surface area contributed by atoms with Gasteiger partial charge in [0.2, 0.25) is 5.91 Å². The lowest BCUT2D eigenvalue weighted by atomic mass is 9.87. The molecule has 4 rings (SSSR count). The SMILES string of the molecule is N#Cc1ccc(CN2CCOC[C@]3(CC(=O)N(Cc4cncs4)C3)C2)cc1. The maximum Gasteiger partial charge on any atom is 0.223 e. The van der Waals surface area contributed by atoms with Crippen molar-refractivity contribution in [2.45, 2.75) is 19.5 Å². The minimum atomic E-state index is -0.148. The lowest BCUT2D eigenvalue weighted by molar-refractivity contribution is -0.128. The molecular weight excluding hydrogens is 360 g/mol. The van der Waals surface area contributed by atoms with Gasteiger partial charge in [0.05, 0.1) is 36.9 Å². The zero-order chi connectivity index (χ0) is 18.7. The molecule has 1 atom stereocenters. The molecule has 2 aromatic rings. The Morgan fingerprint density at radius 1 is 1.26 bits per heavy atom. The van der Waals surface area contributed by atoms with Crippen LogP contribution in [0.3, 0.4) is 0 Å². The number of carbonyl (C=O) groups is 1. The normalized spacial score (nSPS) is 23.5. The van der Waals surface area contributed by atoms with Crippen LogP contribution >= 0.6 is 11.3 Å². The number of hydrogen-bond acceptors (Lipinski definition) is 6. The lowest BCUT2D eigenvalue weighted by Gasteiger charge is -2.31. The number of amides is 1. The largest absolute Gasteiger partial charge is 0.379 e. The van der Waals surface area contributed by atoms with Crippen LogP contribution < -0.4 is 0 Å². The minimum absolute atomic E-state index is 0.148. The maximum atomic E-state index is 12.6. The first kappa shape index (κ1) is 18.1. The molecule has 1 amide bonds. The third-order valence-corrected chi connectivity index (χ3v) is 6.01. The van der Waals surface area contributed by atoms with Gasteiger partial charge in [0, 0.05) is 49.1 Å². The number of benzene rings is 1. The fourth-order valence-electron chi connectivity index (χ4n) is 4.00. The highest BCUT2D eigenvalue weighted by Crippen LogP contribution is 2.35. The monoisotopic (exact) mass is 382 g/mol. The highest BCUT2D eigenvalue weighted by atomic mass is 32.1. The van der Waals surface area contributed by atoms with Gasteiger partial charge in [-0.25, -0.2) is 0 Å². The Kier molecular flexibility index (Phi) is 5.21. The number of carbonyl (C=O) groups excluding carboxylic acids is 1. The van der Waals surface area contributed by atoms with E-state index >= 15 is 0 Å². The molecule has 27 heavy (non-hydrogen) atoms. The minimum Gasteiger partial charge on any atom is -0.379 e. The molecule has 0 bridgehead atoms. The Labute approximate surface area is 163 Å². The zero-order valence-corrected chi connectivity index (χ0v) is 16.0. The van der Waals surface area contributed by atoms with Crippen LogP contribution in [0.5, 0.6) is 0 Å². The molecule has 0 unspecified atom stereocenters. The summed E-state index contributed by atoms with van der Waals surface area (Å²) in [5.74, 6) is 0.201. The molecule has 1 spiro atoms. The second-order valence-electron chi connectivity index (χ2n) is 7.47. The molecule has 0 aliphatic carbocycles. The van der Waals surface area contributed by atoms with Crippen molar-refractivity contribution in [3.05, 3.63) is 52.0 Å². The van der Waals surface area contributed by atoms with Gasteiger partial charge in [0.1, 0.15) is 0 Å². The van der Waals surface area contributed by atoms with Crippen LogP contribution in [-0.4, -0.2) is 53.5 Å². The molecule has 1 aromatic carbocycles. The Hall–Kier alpha value is -2.27. The van der Waals surface area contributed by atoms with E-state index in [9.17, 15) is 4.79 Å². The van der Waals surface area contributed by atoms with Crippen LogP contribution in [0.4, 0.5) is 0 Å². The van der Waals surface area contributed by atoms with Gasteiger partial charge in [-0.3, -0.25) is 14.7 Å². The Morgan fingerprint density at radius 3 is 2.85 bits per heavy atom. The van der Waals surface area contributed by atoms with Gasteiger partial charge in [-0.15, -0.1) is 11.3 Å². The van der Waals surface area contributed by atoms with Crippen molar-refractivity contribution in [3.63, 3.8) is 0 Å². The Bertz CT molecular complexity index is 831. The van der Waals surface area contributed by atoms with E-state index in [1.54, 1.807) is 16.8 Å². The molecule has 140 valence electrons. The molecule has 2 aliphatic heterocycles. The third kappa shape index (κ3) is 4.19. The van der Waals surface area contributed by atoms with Crippen molar-refractivity contribution in [2.75, 3.05) is 32.8 Å². The Balaban J connectivity index is 1.44. The van der Waals surface area contributed by atoms with Gasteiger partial charge in [-0.2, -0.15) is 5.26 Å². The van der Waals surface area contributed by atoms with E-state index in [-0.39, 0.29) is 11.3 Å². The van der Waals surface area contributed by atoms with Gasteiger partial charge in [-0.05, 0) is 17.7 Å². The molecule has 3 heterocycles. The number of thiazole rings is 1. The molecule has 2 aliphatic rings. The molecular formula is C20H22N4O2S. The number of rotatable bonds is 4. The van der Waals surface area contributed by atoms with Gasteiger partial charge < -0.3 is 9.64 Å². The molecule has 2 fully saturated rings. The standard InChI is InChI=1S/C20H22N4O2S/c21-8-16-1-3-17(4-2-16)10-23-5-6-26-14-20(12-23)7-19(25)24(13-20)11-18-9-22-15-27-18/h1-4,9,15H,5-7,10-14H2/t20-/m1/s1. The summed E-state index contributed by atoms with van der Waals surface area (Å²) in [7, 11) is 0. The van der Waals surface area contributed by atoms with Crippen LogP contribution in [0.25, 0.3) is 0 Å². The number of aromatic nitrogens is 1. The highest BCUT2D eigenvalue weighted by molar-refractivity contribution is 7.09. The van der Waals surface area contributed by atoms with Crippen molar-refractivity contribution in [2.24, 2.45) is 5.41 Å². The summed E-state index contributed by atoms with van der Waals surface area (Å²) in [5.41, 5.74) is 3.51. The van der Waals surface area contributed by atoms with Crippen molar-refractivity contribution >= 4 is 17.2 Å². The van der Waals surface area contributed by atoms with E-state index in [0.717, 1.165) is 31.1 Å². The van der Waals surface area contributed by atoms with Crippen LogP contribution in [0.1, 0.15) is 22.4 Å².